The van der Waals surface area contributed by atoms with Crippen molar-refractivity contribution in [3.8, 4) is 0 Å². The van der Waals surface area contributed by atoms with Crippen LogP contribution in [0, 0.1) is 5.82 Å². The van der Waals surface area contributed by atoms with Gasteiger partial charge in [-0.3, -0.25) is 4.72 Å². The predicted octanol–water partition coefficient (Wildman–Crippen LogP) is 0.824. The minimum absolute atomic E-state index is 0.0304. The van der Waals surface area contributed by atoms with Crippen molar-refractivity contribution >= 4 is 21.5 Å². The Balaban J connectivity index is 2.42. The lowest BCUT2D eigenvalue weighted by Gasteiger charge is -2.11. The van der Waals surface area contributed by atoms with Crippen molar-refractivity contribution in [3.05, 3.63) is 29.6 Å². The molecule has 0 saturated heterocycles. The van der Waals surface area contributed by atoms with E-state index in [4.69, 9.17) is 10.9 Å². The summed E-state index contributed by atoms with van der Waals surface area (Å²) >= 11 is 0. The summed E-state index contributed by atoms with van der Waals surface area (Å²) in [6.45, 7) is 0. The normalized spacial score (nSPS) is 16.6. The third-order valence-electron chi connectivity index (χ3n) is 2.59. The zero-order valence-electron chi connectivity index (χ0n) is 9.30. The fourth-order valence-corrected chi connectivity index (χ4v) is 2.93. The highest BCUT2D eigenvalue weighted by Gasteiger charge is 2.36. The first-order chi connectivity index (χ1) is 8.45. The Labute approximate surface area is 103 Å². The number of benzene rings is 1. The number of halogens is 1. The number of hydrogen-bond acceptors (Lipinski definition) is 4. The quantitative estimate of drug-likeness (QED) is 0.327. The minimum atomic E-state index is -3.53. The number of hydrogen-bond donors (Lipinski definition) is 3. The Morgan fingerprint density at radius 3 is 2.72 bits per heavy atom. The summed E-state index contributed by atoms with van der Waals surface area (Å²) in [4.78, 5) is 0. The van der Waals surface area contributed by atoms with Crippen molar-refractivity contribution in [3.63, 3.8) is 0 Å². The van der Waals surface area contributed by atoms with Gasteiger partial charge in [0.2, 0.25) is 10.0 Å². The number of sulfonamides is 1. The predicted molar refractivity (Wildman–Crippen MR) is 64.5 cm³/mol. The standard InChI is InChI=1S/C10H12FN3O3S/c11-7-2-1-3-8(9(7)10(12)13-15)14-18(16,17)6-4-5-6/h1-3,6,14-15H,4-5H2,(H2,12,13). The average molecular weight is 273 g/mol. The highest BCUT2D eigenvalue weighted by molar-refractivity contribution is 7.93. The van der Waals surface area contributed by atoms with Gasteiger partial charge in [-0.05, 0) is 25.0 Å². The Bertz CT molecular complexity index is 596. The molecule has 0 radical (unpaired) electrons. The van der Waals surface area contributed by atoms with Crippen LogP contribution in [0.25, 0.3) is 0 Å². The van der Waals surface area contributed by atoms with E-state index in [2.05, 4.69) is 9.88 Å². The molecule has 1 aliphatic carbocycles. The number of nitrogens with zero attached hydrogens (tertiary/aromatic N) is 1. The van der Waals surface area contributed by atoms with Crippen LogP contribution in [-0.4, -0.2) is 24.7 Å². The summed E-state index contributed by atoms with van der Waals surface area (Å²) in [5.41, 5.74) is 5.04. The second kappa shape index (κ2) is 4.45. The number of nitrogens with two attached hydrogens (primary N) is 1. The van der Waals surface area contributed by atoms with Gasteiger partial charge >= 0.3 is 0 Å². The zero-order chi connectivity index (χ0) is 13.3. The first kappa shape index (κ1) is 12.6. The minimum Gasteiger partial charge on any atom is -0.409 e. The largest absolute Gasteiger partial charge is 0.409 e. The molecule has 4 N–H and O–H groups in total. The van der Waals surface area contributed by atoms with Crippen molar-refractivity contribution in [1.82, 2.24) is 0 Å². The van der Waals surface area contributed by atoms with Crippen LogP contribution in [0.3, 0.4) is 0 Å². The van der Waals surface area contributed by atoms with E-state index in [0.717, 1.165) is 6.07 Å². The van der Waals surface area contributed by atoms with Gasteiger partial charge in [0.15, 0.2) is 5.84 Å². The lowest BCUT2D eigenvalue weighted by Crippen LogP contribution is -2.22. The highest BCUT2D eigenvalue weighted by Crippen LogP contribution is 2.31. The molecular formula is C10H12FN3O3S. The molecule has 0 bridgehead atoms. The summed E-state index contributed by atoms with van der Waals surface area (Å²) in [6.07, 6.45) is 1.17. The average Bonchev–Trinajstić information content (AvgIpc) is 3.12. The molecule has 1 aromatic carbocycles. The molecule has 0 spiro atoms. The van der Waals surface area contributed by atoms with E-state index in [0.29, 0.717) is 12.8 Å². The van der Waals surface area contributed by atoms with Crippen LogP contribution in [0.5, 0.6) is 0 Å². The molecule has 0 aliphatic heterocycles. The fraction of sp³-hybridized carbons (Fsp3) is 0.300. The van der Waals surface area contributed by atoms with E-state index in [1.807, 2.05) is 0 Å². The van der Waals surface area contributed by atoms with E-state index in [-0.39, 0.29) is 11.3 Å². The van der Waals surface area contributed by atoms with Gasteiger partial charge in [-0.2, -0.15) is 0 Å². The van der Waals surface area contributed by atoms with Gasteiger partial charge in [0.1, 0.15) is 5.82 Å². The number of amidine groups is 1. The van der Waals surface area contributed by atoms with Crippen LogP contribution in [-0.2, 0) is 10.0 Å². The molecule has 0 amide bonds. The van der Waals surface area contributed by atoms with Gasteiger partial charge in [-0.15, -0.1) is 0 Å². The first-order valence-corrected chi connectivity index (χ1v) is 6.78. The van der Waals surface area contributed by atoms with Crippen LogP contribution in [0.1, 0.15) is 18.4 Å². The number of rotatable bonds is 4. The van der Waals surface area contributed by atoms with Crippen molar-refractivity contribution in [2.75, 3.05) is 4.72 Å². The van der Waals surface area contributed by atoms with Crippen molar-refractivity contribution in [2.45, 2.75) is 18.1 Å². The van der Waals surface area contributed by atoms with E-state index in [1.165, 1.54) is 12.1 Å². The van der Waals surface area contributed by atoms with Gasteiger partial charge in [0.25, 0.3) is 0 Å². The van der Waals surface area contributed by atoms with E-state index in [9.17, 15) is 12.8 Å². The van der Waals surface area contributed by atoms with E-state index in [1.54, 1.807) is 0 Å². The smallest absolute Gasteiger partial charge is 0.235 e. The van der Waals surface area contributed by atoms with Gasteiger partial charge < -0.3 is 10.9 Å². The Hall–Kier alpha value is -1.83. The maximum Gasteiger partial charge on any atom is 0.235 e. The van der Waals surface area contributed by atoms with Gasteiger partial charge in [0, 0.05) is 0 Å². The van der Waals surface area contributed by atoms with Crippen LogP contribution in [0.2, 0.25) is 0 Å². The van der Waals surface area contributed by atoms with Crippen LogP contribution in [0.4, 0.5) is 10.1 Å². The third kappa shape index (κ3) is 2.37. The van der Waals surface area contributed by atoms with Crippen LogP contribution < -0.4 is 10.5 Å². The van der Waals surface area contributed by atoms with E-state index < -0.39 is 26.9 Å². The second-order valence-electron chi connectivity index (χ2n) is 3.99. The molecule has 1 aliphatic rings. The highest BCUT2D eigenvalue weighted by atomic mass is 32.2. The molecule has 0 atom stereocenters. The molecule has 2 rings (SSSR count). The van der Waals surface area contributed by atoms with Gasteiger partial charge in [-0.1, -0.05) is 11.2 Å². The first-order valence-electron chi connectivity index (χ1n) is 5.23. The van der Waals surface area contributed by atoms with Crippen molar-refractivity contribution in [2.24, 2.45) is 10.9 Å². The van der Waals surface area contributed by atoms with Crippen molar-refractivity contribution in [1.29, 1.82) is 0 Å². The summed E-state index contributed by atoms with van der Waals surface area (Å²) in [6, 6.07) is 3.80. The fourth-order valence-electron chi connectivity index (χ4n) is 1.53. The number of oxime groups is 1. The monoisotopic (exact) mass is 273 g/mol. The Morgan fingerprint density at radius 2 is 2.17 bits per heavy atom. The molecule has 1 fully saturated rings. The lowest BCUT2D eigenvalue weighted by molar-refractivity contribution is 0.318. The summed E-state index contributed by atoms with van der Waals surface area (Å²) in [5.74, 6) is -1.25. The summed E-state index contributed by atoms with van der Waals surface area (Å²) in [5, 5.41) is 10.8. The molecule has 1 saturated carbocycles. The molecular weight excluding hydrogens is 261 g/mol. The number of anilines is 1. The van der Waals surface area contributed by atoms with Gasteiger partial charge in [0.05, 0.1) is 16.5 Å². The lowest BCUT2D eigenvalue weighted by atomic mass is 10.1. The molecule has 8 heteroatoms. The molecule has 1 aromatic rings. The molecule has 98 valence electrons. The molecule has 0 aromatic heterocycles. The zero-order valence-corrected chi connectivity index (χ0v) is 10.1. The Kier molecular flexibility index (Phi) is 3.12. The second-order valence-corrected chi connectivity index (χ2v) is 5.95. The molecule has 0 unspecified atom stereocenters. The maximum absolute atomic E-state index is 13.6. The molecule has 6 nitrogen and oxygen atoms in total. The van der Waals surface area contributed by atoms with E-state index >= 15 is 0 Å². The topological polar surface area (TPSA) is 105 Å². The van der Waals surface area contributed by atoms with Crippen molar-refractivity contribution < 1.29 is 18.0 Å². The van der Waals surface area contributed by atoms with Gasteiger partial charge in [-0.25, -0.2) is 12.8 Å². The Morgan fingerprint density at radius 1 is 1.50 bits per heavy atom. The van der Waals surface area contributed by atoms with Crippen LogP contribution in [0.15, 0.2) is 23.4 Å². The molecule has 18 heavy (non-hydrogen) atoms. The summed E-state index contributed by atoms with van der Waals surface area (Å²) < 4.78 is 39.4. The molecule has 0 heterocycles. The van der Waals surface area contributed by atoms with Crippen LogP contribution >= 0.6 is 0 Å². The maximum atomic E-state index is 13.6. The third-order valence-corrected chi connectivity index (χ3v) is 4.45. The summed E-state index contributed by atoms with van der Waals surface area (Å²) in [7, 11) is -3.53. The number of nitrogens with one attached hydrogen (secondary N) is 1. The SMILES string of the molecule is NC(=NO)c1c(F)cccc1NS(=O)(=O)C1CC1.